The fourth-order valence-electron chi connectivity index (χ4n) is 6.89. The minimum absolute atomic E-state index is 0. The molecule has 1 N–H and O–H groups in total. The smallest absolute Gasteiger partial charge is 0.305 e. The van der Waals surface area contributed by atoms with Gasteiger partial charge in [0.2, 0.25) is 0 Å². The standard InChI is InChI=1S/C42H80N2O3.ClH/c1-3-5-7-9-11-13-15-17-19-21-23-25-27-29-31-33-41-43(37-39-45)35-36-44(41)38-40-47-42(46)34-32-30-28-26-24-22-20-18-16-14-12-10-8-6-4-2;/h17-20,41,45H,3-16,21-40H2,1-2H3;1H/p-1/b19-17-,20-18-;. The number of rotatable bonds is 35. The van der Waals surface area contributed by atoms with E-state index in [-0.39, 0.29) is 25.0 Å². The third kappa shape index (κ3) is 28.9. The molecule has 284 valence electrons. The third-order valence-corrected chi connectivity index (χ3v) is 9.91. The molecule has 1 saturated heterocycles. The highest BCUT2D eigenvalue weighted by molar-refractivity contribution is 5.69. The van der Waals surface area contributed by atoms with Crippen molar-refractivity contribution >= 4 is 5.97 Å². The molecule has 1 fully saturated rings. The number of aliphatic hydroxyl groups is 1. The van der Waals surface area contributed by atoms with Crippen LogP contribution < -0.4 is 12.4 Å². The van der Waals surface area contributed by atoms with Crippen LogP contribution in [0, 0.1) is 0 Å². The van der Waals surface area contributed by atoms with Gasteiger partial charge in [-0.05, 0) is 64.2 Å². The molecule has 0 radical (unpaired) electrons. The van der Waals surface area contributed by atoms with Crippen LogP contribution in [0.4, 0.5) is 0 Å². The summed E-state index contributed by atoms with van der Waals surface area (Å²) in [5, 5.41) is 9.58. The number of carbonyl (C=O) groups is 1. The summed E-state index contributed by atoms with van der Waals surface area (Å²) in [4.78, 5) is 17.2. The molecule has 0 aromatic carbocycles. The highest BCUT2D eigenvalue weighted by atomic mass is 35.5. The van der Waals surface area contributed by atoms with Gasteiger partial charge >= 0.3 is 5.97 Å². The number of ether oxygens (including phenoxy) is 1. The molecule has 0 aromatic rings. The molecule has 0 spiro atoms. The SMILES string of the molecule is CCCCCCCC/C=C\CCCCCCCC(=O)OCCN1CCN(CCO)C1CCCCCCC/C=C\CCCCCCCC.[Cl-]. The van der Waals surface area contributed by atoms with E-state index < -0.39 is 0 Å². The topological polar surface area (TPSA) is 53.0 Å². The molecule has 48 heavy (non-hydrogen) atoms. The lowest BCUT2D eigenvalue weighted by atomic mass is 10.1. The van der Waals surface area contributed by atoms with E-state index in [1.54, 1.807) is 0 Å². The van der Waals surface area contributed by atoms with Crippen LogP contribution in [-0.4, -0.2) is 66.4 Å². The fourth-order valence-corrected chi connectivity index (χ4v) is 6.89. The second kappa shape index (κ2) is 37.4. The number of hydrogen-bond donors (Lipinski definition) is 1. The second-order valence-corrected chi connectivity index (χ2v) is 14.2. The van der Waals surface area contributed by atoms with Crippen molar-refractivity contribution in [1.29, 1.82) is 0 Å². The van der Waals surface area contributed by atoms with Crippen molar-refractivity contribution in [3.05, 3.63) is 24.3 Å². The first-order valence-electron chi connectivity index (χ1n) is 20.8. The van der Waals surface area contributed by atoms with Gasteiger partial charge in [-0.15, -0.1) is 0 Å². The van der Waals surface area contributed by atoms with E-state index in [1.165, 1.54) is 154 Å². The first-order chi connectivity index (χ1) is 23.2. The van der Waals surface area contributed by atoms with Gasteiger partial charge in [-0.2, -0.15) is 0 Å². The summed E-state index contributed by atoms with van der Waals surface area (Å²) >= 11 is 0. The first-order valence-corrected chi connectivity index (χ1v) is 20.8. The summed E-state index contributed by atoms with van der Waals surface area (Å²) in [6.07, 6.45) is 45.3. The Kier molecular flexibility index (Phi) is 36.7. The second-order valence-electron chi connectivity index (χ2n) is 14.2. The van der Waals surface area contributed by atoms with Crippen LogP contribution in [0.2, 0.25) is 0 Å². The highest BCUT2D eigenvalue weighted by Gasteiger charge is 2.30. The maximum absolute atomic E-state index is 12.3. The molecule has 1 unspecified atom stereocenters. The molecule has 0 bridgehead atoms. The molecule has 1 rings (SSSR count). The Labute approximate surface area is 305 Å². The van der Waals surface area contributed by atoms with Crippen molar-refractivity contribution in [1.82, 2.24) is 9.80 Å². The van der Waals surface area contributed by atoms with Gasteiger partial charge in [-0.25, -0.2) is 0 Å². The quantitative estimate of drug-likeness (QED) is 0.0409. The lowest BCUT2D eigenvalue weighted by Crippen LogP contribution is -3.00. The molecular weight excluding hydrogens is 616 g/mol. The molecule has 6 heteroatoms. The molecule has 1 atom stereocenters. The minimum Gasteiger partial charge on any atom is -1.00 e. The third-order valence-electron chi connectivity index (χ3n) is 9.91. The fraction of sp³-hybridized carbons (Fsp3) is 0.881. The van der Waals surface area contributed by atoms with E-state index in [0.29, 0.717) is 19.2 Å². The van der Waals surface area contributed by atoms with Crippen LogP contribution in [0.25, 0.3) is 0 Å². The van der Waals surface area contributed by atoms with E-state index in [0.717, 1.165) is 45.4 Å². The summed E-state index contributed by atoms with van der Waals surface area (Å²) in [5.41, 5.74) is 0. The van der Waals surface area contributed by atoms with E-state index in [4.69, 9.17) is 4.74 Å². The van der Waals surface area contributed by atoms with Crippen molar-refractivity contribution in [2.75, 3.05) is 39.4 Å². The summed E-state index contributed by atoms with van der Waals surface area (Å²) in [7, 11) is 0. The number of hydrogen-bond acceptors (Lipinski definition) is 5. The van der Waals surface area contributed by atoms with Crippen molar-refractivity contribution in [3.63, 3.8) is 0 Å². The zero-order valence-corrected chi connectivity index (χ0v) is 32.7. The van der Waals surface area contributed by atoms with Crippen LogP contribution in [0.15, 0.2) is 24.3 Å². The largest absolute Gasteiger partial charge is 1.00 e. The van der Waals surface area contributed by atoms with Gasteiger partial charge in [0, 0.05) is 32.6 Å². The highest BCUT2D eigenvalue weighted by Crippen LogP contribution is 2.21. The van der Waals surface area contributed by atoms with Gasteiger partial charge in [0.15, 0.2) is 0 Å². The number of β-amino-alcohol motifs (C(OH)–C–C–N with tert-alkyl or cyclic N) is 1. The van der Waals surface area contributed by atoms with Crippen LogP contribution in [0.5, 0.6) is 0 Å². The minimum atomic E-state index is -0.0390. The lowest BCUT2D eigenvalue weighted by molar-refractivity contribution is -0.144. The average Bonchev–Trinajstić information content (AvgIpc) is 3.45. The van der Waals surface area contributed by atoms with Gasteiger partial charge in [0.1, 0.15) is 6.61 Å². The van der Waals surface area contributed by atoms with Crippen LogP contribution >= 0.6 is 0 Å². The molecule has 1 aliphatic heterocycles. The monoisotopic (exact) mass is 696 g/mol. The molecular formula is C42H80ClN2O3-. The Balaban J connectivity index is 0.0000221. The van der Waals surface area contributed by atoms with E-state index in [1.807, 2.05) is 0 Å². The number of esters is 1. The molecule has 1 heterocycles. The Bertz CT molecular complexity index is 732. The average molecular weight is 697 g/mol. The zero-order chi connectivity index (χ0) is 33.9. The van der Waals surface area contributed by atoms with Crippen LogP contribution in [0.1, 0.15) is 194 Å². The molecule has 1 aliphatic rings. The zero-order valence-electron chi connectivity index (χ0n) is 32.0. The molecule has 0 aliphatic carbocycles. The Hall–Kier alpha value is -0.880. The van der Waals surface area contributed by atoms with Crippen molar-refractivity contribution in [2.45, 2.75) is 200 Å². The van der Waals surface area contributed by atoms with E-state index in [9.17, 15) is 9.90 Å². The van der Waals surface area contributed by atoms with Crippen molar-refractivity contribution in [2.24, 2.45) is 0 Å². The van der Waals surface area contributed by atoms with Gasteiger partial charge in [-0.3, -0.25) is 14.6 Å². The first kappa shape index (κ1) is 47.1. The van der Waals surface area contributed by atoms with Crippen molar-refractivity contribution in [3.8, 4) is 0 Å². The molecule has 5 nitrogen and oxygen atoms in total. The summed E-state index contributed by atoms with van der Waals surface area (Å²) < 4.78 is 5.63. The van der Waals surface area contributed by atoms with Gasteiger partial charge in [0.25, 0.3) is 0 Å². The van der Waals surface area contributed by atoms with Crippen molar-refractivity contribution < 1.29 is 27.0 Å². The summed E-state index contributed by atoms with van der Waals surface area (Å²) in [6.45, 7) is 8.79. The lowest BCUT2D eigenvalue weighted by Gasteiger charge is -2.30. The summed E-state index contributed by atoms with van der Waals surface area (Å²) in [5.74, 6) is -0.0390. The maximum atomic E-state index is 12.3. The van der Waals surface area contributed by atoms with Crippen LogP contribution in [0.3, 0.4) is 0 Å². The predicted octanol–water partition coefficient (Wildman–Crippen LogP) is 8.54. The van der Waals surface area contributed by atoms with Gasteiger partial charge < -0.3 is 22.3 Å². The van der Waals surface area contributed by atoms with Crippen LogP contribution in [-0.2, 0) is 9.53 Å². The maximum Gasteiger partial charge on any atom is 0.305 e. The van der Waals surface area contributed by atoms with E-state index in [2.05, 4.69) is 48.0 Å². The number of aliphatic hydroxyl groups excluding tert-OH is 1. The summed E-state index contributed by atoms with van der Waals surface area (Å²) in [6, 6.07) is 0. The number of halogens is 1. The normalized spacial score (nSPS) is 15.6. The van der Waals surface area contributed by atoms with Gasteiger partial charge in [0.05, 0.1) is 12.8 Å². The predicted molar refractivity (Wildman–Crippen MR) is 204 cm³/mol. The number of carbonyl (C=O) groups excluding carboxylic acids is 1. The van der Waals surface area contributed by atoms with E-state index >= 15 is 0 Å². The number of nitrogens with zero attached hydrogens (tertiary/aromatic N) is 2. The Morgan fingerprint density at radius 2 is 0.979 bits per heavy atom. The Morgan fingerprint density at radius 1 is 0.583 bits per heavy atom. The number of unbranched alkanes of at least 4 members (excludes halogenated alkanes) is 22. The molecule has 0 aromatic heterocycles. The van der Waals surface area contributed by atoms with Gasteiger partial charge in [-0.1, -0.05) is 147 Å². The Morgan fingerprint density at radius 3 is 1.44 bits per heavy atom. The number of allylic oxidation sites excluding steroid dienone is 4. The molecule has 0 saturated carbocycles. The molecule has 0 amide bonds.